The highest BCUT2D eigenvalue weighted by Gasteiger charge is 2.35. The standard InChI is InChI=1S/C13H13F3O4/c14-13(15,16)10-4-2-1-3-8(10)5-12-19-7-9(20-12)6-11(17)18/h1-4,9,12H,5-7H2,(H,17,18). The molecule has 1 aliphatic rings. The molecule has 20 heavy (non-hydrogen) atoms. The van der Waals surface area contributed by atoms with E-state index in [-0.39, 0.29) is 25.0 Å². The van der Waals surface area contributed by atoms with E-state index in [1.165, 1.54) is 18.2 Å². The molecule has 0 saturated carbocycles. The van der Waals surface area contributed by atoms with Crippen LogP contribution in [-0.4, -0.2) is 30.1 Å². The molecule has 0 aromatic heterocycles. The highest BCUT2D eigenvalue weighted by Crippen LogP contribution is 2.33. The van der Waals surface area contributed by atoms with Gasteiger partial charge in [-0.15, -0.1) is 0 Å². The van der Waals surface area contributed by atoms with E-state index in [0.717, 1.165) is 6.07 Å². The van der Waals surface area contributed by atoms with Crippen LogP contribution in [0.4, 0.5) is 13.2 Å². The summed E-state index contributed by atoms with van der Waals surface area (Å²) in [6.07, 6.45) is -6.18. The lowest BCUT2D eigenvalue weighted by atomic mass is 10.0. The Morgan fingerprint density at radius 3 is 2.70 bits per heavy atom. The van der Waals surface area contributed by atoms with Crippen molar-refractivity contribution >= 4 is 5.97 Å². The highest BCUT2D eigenvalue weighted by atomic mass is 19.4. The first kappa shape index (κ1) is 14.8. The minimum absolute atomic E-state index is 0.0637. The first-order valence-electron chi connectivity index (χ1n) is 6.00. The van der Waals surface area contributed by atoms with E-state index in [0.29, 0.717) is 0 Å². The van der Waals surface area contributed by atoms with Crippen molar-refractivity contribution in [2.75, 3.05) is 6.61 Å². The Morgan fingerprint density at radius 1 is 1.35 bits per heavy atom. The maximum absolute atomic E-state index is 12.8. The number of carboxylic acids is 1. The molecule has 1 fully saturated rings. The molecule has 2 rings (SSSR count). The Balaban J connectivity index is 2.03. The minimum atomic E-state index is -4.43. The van der Waals surface area contributed by atoms with E-state index in [2.05, 4.69) is 0 Å². The van der Waals surface area contributed by atoms with Crippen molar-refractivity contribution in [1.82, 2.24) is 0 Å². The molecule has 1 saturated heterocycles. The lowest BCUT2D eigenvalue weighted by molar-refractivity contribution is -0.140. The van der Waals surface area contributed by atoms with Gasteiger partial charge in [0.05, 0.1) is 24.7 Å². The summed E-state index contributed by atoms with van der Waals surface area (Å²) in [5, 5.41) is 8.62. The largest absolute Gasteiger partial charge is 0.481 e. The molecule has 0 bridgehead atoms. The fourth-order valence-electron chi connectivity index (χ4n) is 2.07. The van der Waals surface area contributed by atoms with Crippen molar-refractivity contribution in [3.8, 4) is 0 Å². The third-order valence-electron chi connectivity index (χ3n) is 2.92. The Hall–Kier alpha value is -1.60. The summed E-state index contributed by atoms with van der Waals surface area (Å²) in [5.74, 6) is -1.03. The number of hydrogen-bond donors (Lipinski definition) is 1. The number of rotatable bonds is 4. The van der Waals surface area contributed by atoms with Gasteiger partial charge in [0.1, 0.15) is 0 Å². The lowest BCUT2D eigenvalue weighted by Crippen LogP contribution is -2.19. The van der Waals surface area contributed by atoms with Crippen LogP contribution in [-0.2, 0) is 26.9 Å². The van der Waals surface area contributed by atoms with Crippen LogP contribution in [0.5, 0.6) is 0 Å². The van der Waals surface area contributed by atoms with Gasteiger partial charge >= 0.3 is 12.1 Å². The van der Waals surface area contributed by atoms with Gasteiger partial charge in [-0.2, -0.15) is 13.2 Å². The van der Waals surface area contributed by atoms with Crippen LogP contribution in [0.3, 0.4) is 0 Å². The zero-order chi connectivity index (χ0) is 14.8. The molecule has 7 heteroatoms. The summed E-state index contributed by atoms with van der Waals surface area (Å²) in [6, 6.07) is 5.18. The molecule has 0 amide bonds. The lowest BCUT2D eigenvalue weighted by Gasteiger charge is -2.15. The number of carbonyl (C=O) groups is 1. The molecule has 0 radical (unpaired) electrons. The summed E-state index contributed by atoms with van der Waals surface area (Å²) < 4.78 is 48.9. The first-order chi connectivity index (χ1) is 9.36. The Kier molecular flexibility index (Phi) is 4.29. The van der Waals surface area contributed by atoms with Crippen LogP contribution < -0.4 is 0 Å². The number of halogens is 3. The zero-order valence-electron chi connectivity index (χ0n) is 10.4. The number of ether oxygens (including phenoxy) is 2. The smallest absolute Gasteiger partial charge is 0.416 e. The maximum Gasteiger partial charge on any atom is 0.416 e. The molecule has 0 spiro atoms. The Labute approximate surface area is 113 Å². The molecule has 1 aromatic rings. The first-order valence-corrected chi connectivity index (χ1v) is 6.00. The average molecular weight is 290 g/mol. The minimum Gasteiger partial charge on any atom is -0.481 e. The second-order valence-corrected chi connectivity index (χ2v) is 4.48. The van der Waals surface area contributed by atoms with Gasteiger partial charge in [-0.1, -0.05) is 18.2 Å². The number of aliphatic carboxylic acids is 1. The van der Waals surface area contributed by atoms with Crippen molar-refractivity contribution in [2.45, 2.75) is 31.4 Å². The maximum atomic E-state index is 12.8. The summed E-state index contributed by atoms with van der Waals surface area (Å²) in [6.45, 7) is 0.0746. The molecule has 2 unspecified atom stereocenters. The number of carboxylic acid groups (broad SMARTS) is 1. The Bertz CT molecular complexity index is 487. The molecule has 110 valence electrons. The molecular weight excluding hydrogens is 277 g/mol. The van der Waals surface area contributed by atoms with Crippen LogP contribution in [0.2, 0.25) is 0 Å². The molecule has 1 heterocycles. The zero-order valence-corrected chi connectivity index (χ0v) is 10.4. The van der Waals surface area contributed by atoms with E-state index in [9.17, 15) is 18.0 Å². The summed E-state index contributed by atoms with van der Waals surface area (Å²) >= 11 is 0. The van der Waals surface area contributed by atoms with Crippen molar-refractivity contribution in [2.24, 2.45) is 0 Å². The molecule has 0 aliphatic carbocycles. The molecular formula is C13H13F3O4. The van der Waals surface area contributed by atoms with Gasteiger partial charge in [-0.3, -0.25) is 4.79 Å². The van der Waals surface area contributed by atoms with Crippen LogP contribution in [0, 0.1) is 0 Å². The van der Waals surface area contributed by atoms with E-state index >= 15 is 0 Å². The van der Waals surface area contributed by atoms with Crippen LogP contribution in [0.25, 0.3) is 0 Å². The van der Waals surface area contributed by atoms with Crippen LogP contribution in [0.1, 0.15) is 17.5 Å². The number of alkyl halides is 3. The Morgan fingerprint density at radius 2 is 2.05 bits per heavy atom. The molecule has 2 atom stereocenters. The predicted octanol–water partition coefficient (Wildman–Crippen LogP) is 2.46. The normalized spacial score (nSPS) is 22.9. The molecule has 1 N–H and O–H groups in total. The van der Waals surface area contributed by atoms with Gasteiger partial charge in [0.15, 0.2) is 6.29 Å². The summed E-state index contributed by atoms with van der Waals surface area (Å²) in [5.41, 5.74) is -0.658. The quantitative estimate of drug-likeness (QED) is 0.925. The fourth-order valence-corrected chi connectivity index (χ4v) is 2.07. The fraction of sp³-hybridized carbons (Fsp3) is 0.462. The van der Waals surface area contributed by atoms with E-state index in [4.69, 9.17) is 14.6 Å². The second kappa shape index (κ2) is 5.80. The van der Waals surface area contributed by atoms with Crippen molar-refractivity contribution < 1.29 is 32.5 Å². The van der Waals surface area contributed by atoms with Gasteiger partial charge in [0.2, 0.25) is 0 Å². The molecule has 4 nitrogen and oxygen atoms in total. The third-order valence-corrected chi connectivity index (χ3v) is 2.92. The van der Waals surface area contributed by atoms with Gasteiger partial charge in [0.25, 0.3) is 0 Å². The topological polar surface area (TPSA) is 55.8 Å². The van der Waals surface area contributed by atoms with Crippen molar-refractivity contribution in [1.29, 1.82) is 0 Å². The average Bonchev–Trinajstić information content (AvgIpc) is 2.75. The van der Waals surface area contributed by atoms with Gasteiger partial charge in [0, 0.05) is 6.42 Å². The SMILES string of the molecule is O=C(O)CC1COC(Cc2ccccc2C(F)(F)F)O1. The van der Waals surface area contributed by atoms with Crippen molar-refractivity contribution in [3.63, 3.8) is 0 Å². The van der Waals surface area contributed by atoms with Gasteiger partial charge < -0.3 is 14.6 Å². The molecule has 1 aromatic carbocycles. The molecule has 1 aliphatic heterocycles. The van der Waals surface area contributed by atoms with Gasteiger partial charge in [-0.05, 0) is 11.6 Å². The van der Waals surface area contributed by atoms with E-state index < -0.39 is 30.1 Å². The summed E-state index contributed by atoms with van der Waals surface area (Å²) in [4.78, 5) is 10.5. The van der Waals surface area contributed by atoms with Gasteiger partial charge in [-0.25, -0.2) is 0 Å². The van der Waals surface area contributed by atoms with Crippen molar-refractivity contribution in [3.05, 3.63) is 35.4 Å². The van der Waals surface area contributed by atoms with Crippen LogP contribution in [0.15, 0.2) is 24.3 Å². The third kappa shape index (κ3) is 3.71. The van der Waals surface area contributed by atoms with Crippen LogP contribution >= 0.6 is 0 Å². The number of benzene rings is 1. The highest BCUT2D eigenvalue weighted by molar-refractivity contribution is 5.67. The predicted molar refractivity (Wildman–Crippen MR) is 62.0 cm³/mol. The van der Waals surface area contributed by atoms with E-state index in [1.807, 2.05) is 0 Å². The second-order valence-electron chi connectivity index (χ2n) is 4.48. The van der Waals surface area contributed by atoms with E-state index in [1.54, 1.807) is 0 Å². The summed E-state index contributed by atoms with van der Waals surface area (Å²) in [7, 11) is 0. The number of hydrogen-bond acceptors (Lipinski definition) is 3. The monoisotopic (exact) mass is 290 g/mol.